The predicted molar refractivity (Wildman–Crippen MR) is 85.8 cm³/mol. The van der Waals surface area contributed by atoms with Crippen LogP contribution in [0.15, 0.2) is 46.9 Å². The smallest absolute Gasteiger partial charge is 0.141 e. The van der Waals surface area contributed by atoms with E-state index >= 15 is 0 Å². The predicted octanol–water partition coefficient (Wildman–Crippen LogP) is 4.65. The van der Waals surface area contributed by atoms with E-state index < -0.39 is 0 Å². The molecule has 4 heteroatoms. The molecule has 0 saturated carbocycles. The van der Waals surface area contributed by atoms with Crippen LogP contribution in [-0.4, -0.2) is 5.84 Å². The molecule has 0 saturated heterocycles. The van der Waals surface area contributed by atoms with Crippen LogP contribution in [0.3, 0.4) is 0 Å². The van der Waals surface area contributed by atoms with E-state index in [1.54, 1.807) is 18.2 Å². The molecule has 0 atom stereocenters. The average molecular weight is 333 g/mol. The van der Waals surface area contributed by atoms with Crippen LogP contribution in [0.1, 0.15) is 30.9 Å². The van der Waals surface area contributed by atoms with Crippen molar-refractivity contribution >= 4 is 21.8 Å². The minimum atomic E-state index is 0.0403. The summed E-state index contributed by atoms with van der Waals surface area (Å²) in [5.41, 5.74) is 7.40. The number of hydrogen-bond donors (Lipinski definition) is 2. The van der Waals surface area contributed by atoms with Gasteiger partial charge in [-0.15, -0.1) is 0 Å². The second-order valence-corrected chi connectivity index (χ2v) is 5.74. The quantitative estimate of drug-likeness (QED) is 0.632. The minimum Gasteiger partial charge on any atom is -0.456 e. The summed E-state index contributed by atoms with van der Waals surface area (Å²) in [5.74, 6) is 2.03. The Labute approximate surface area is 127 Å². The van der Waals surface area contributed by atoms with Crippen LogP contribution in [-0.2, 0) is 0 Å². The van der Waals surface area contributed by atoms with Crippen molar-refractivity contribution in [3.05, 3.63) is 58.1 Å². The zero-order valence-corrected chi connectivity index (χ0v) is 13.1. The summed E-state index contributed by atoms with van der Waals surface area (Å²) in [4.78, 5) is 0. The lowest BCUT2D eigenvalue weighted by molar-refractivity contribution is 0.479. The topological polar surface area (TPSA) is 59.1 Å². The lowest BCUT2D eigenvalue weighted by Gasteiger charge is -2.10. The molecule has 0 radical (unpaired) electrons. The highest BCUT2D eigenvalue weighted by Gasteiger charge is 2.06. The van der Waals surface area contributed by atoms with Crippen molar-refractivity contribution in [3.63, 3.8) is 0 Å². The van der Waals surface area contributed by atoms with Crippen molar-refractivity contribution < 1.29 is 4.74 Å². The van der Waals surface area contributed by atoms with E-state index in [1.807, 2.05) is 12.1 Å². The van der Waals surface area contributed by atoms with Gasteiger partial charge in [-0.2, -0.15) is 0 Å². The summed E-state index contributed by atoms with van der Waals surface area (Å²) < 4.78 is 6.60. The van der Waals surface area contributed by atoms with Crippen LogP contribution in [0, 0.1) is 5.41 Å². The van der Waals surface area contributed by atoms with E-state index in [0.717, 1.165) is 10.2 Å². The molecule has 2 aromatic rings. The van der Waals surface area contributed by atoms with Gasteiger partial charge in [-0.05, 0) is 57.7 Å². The molecule has 0 heterocycles. The maximum absolute atomic E-state index is 7.40. The van der Waals surface area contributed by atoms with E-state index in [-0.39, 0.29) is 5.84 Å². The number of nitrogens with two attached hydrogens (primary N) is 1. The molecule has 0 aliphatic rings. The number of benzene rings is 2. The Morgan fingerprint density at radius 2 is 1.80 bits per heavy atom. The van der Waals surface area contributed by atoms with Crippen molar-refractivity contribution in [1.82, 2.24) is 0 Å². The third-order valence-corrected chi connectivity index (χ3v) is 3.64. The lowest BCUT2D eigenvalue weighted by Crippen LogP contribution is -2.10. The normalized spacial score (nSPS) is 10.6. The fourth-order valence-electron chi connectivity index (χ4n) is 1.80. The molecule has 0 bridgehead atoms. The largest absolute Gasteiger partial charge is 0.456 e. The number of rotatable bonds is 4. The monoisotopic (exact) mass is 332 g/mol. The molecule has 0 amide bonds. The first-order valence-corrected chi connectivity index (χ1v) is 7.18. The molecule has 2 aromatic carbocycles. The van der Waals surface area contributed by atoms with Gasteiger partial charge in [0, 0.05) is 5.56 Å². The van der Waals surface area contributed by atoms with Gasteiger partial charge in [0.2, 0.25) is 0 Å². The maximum atomic E-state index is 7.40. The standard InChI is InChI=1S/C16H17BrN2O/c1-10(2)11-3-6-13(7-4-11)20-15-8-5-12(16(18)19)9-14(15)17/h3-10H,1-2H3,(H3,18,19). The van der Waals surface area contributed by atoms with Gasteiger partial charge >= 0.3 is 0 Å². The summed E-state index contributed by atoms with van der Waals surface area (Å²) in [6.07, 6.45) is 0. The van der Waals surface area contributed by atoms with Gasteiger partial charge in [0.25, 0.3) is 0 Å². The zero-order valence-electron chi connectivity index (χ0n) is 11.5. The summed E-state index contributed by atoms with van der Waals surface area (Å²) in [6, 6.07) is 13.4. The van der Waals surface area contributed by atoms with Crippen molar-refractivity contribution in [2.75, 3.05) is 0 Å². The van der Waals surface area contributed by atoms with E-state index in [0.29, 0.717) is 17.2 Å². The second-order valence-electron chi connectivity index (χ2n) is 4.88. The summed E-state index contributed by atoms with van der Waals surface area (Å²) in [5, 5.41) is 7.40. The van der Waals surface area contributed by atoms with Gasteiger partial charge in [0.1, 0.15) is 17.3 Å². The van der Waals surface area contributed by atoms with E-state index in [2.05, 4.69) is 41.9 Å². The summed E-state index contributed by atoms with van der Waals surface area (Å²) >= 11 is 3.43. The summed E-state index contributed by atoms with van der Waals surface area (Å²) in [6.45, 7) is 4.32. The van der Waals surface area contributed by atoms with Gasteiger partial charge in [0.05, 0.1) is 4.47 Å². The van der Waals surface area contributed by atoms with Crippen molar-refractivity contribution in [3.8, 4) is 11.5 Å². The molecule has 2 rings (SSSR count). The first-order valence-electron chi connectivity index (χ1n) is 6.39. The van der Waals surface area contributed by atoms with Crippen molar-refractivity contribution in [2.24, 2.45) is 5.73 Å². The first-order chi connectivity index (χ1) is 9.47. The fraction of sp³-hybridized carbons (Fsp3) is 0.188. The highest BCUT2D eigenvalue weighted by molar-refractivity contribution is 9.10. The molecule has 0 spiro atoms. The van der Waals surface area contributed by atoms with Crippen LogP contribution in [0.2, 0.25) is 0 Å². The second kappa shape index (κ2) is 6.09. The van der Waals surface area contributed by atoms with Crippen LogP contribution >= 0.6 is 15.9 Å². The Bertz CT molecular complexity index is 621. The molecule has 0 aromatic heterocycles. The number of hydrogen-bond acceptors (Lipinski definition) is 2. The van der Waals surface area contributed by atoms with Gasteiger partial charge in [-0.3, -0.25) is 5.41 Å². The highest BCUT2D eigenvalue weighted by atomic mass is 79.9. The van der Waals surface area contributed by atoms with Crippen molar-refractivity contribution in [2.45, 2.75) is 19.8 Å². The third kappa shape index (κ3) is 3.39. The molecule has 3 nitrogen and oxygen atoms in total. The molecule has 104 valence electrons. The molecule has 0 aliphatic carbocycles. The average Bonchev–Trinajstić information content (AvgIpc) is 2.41. The Hall–Kier alpha value is -1.81. The fourth-order valence-corrected chi connectivity index (χ4v) is 2.26. The molecular formula is C16H17BrN2O. The highest BCUT2D eigenvalue weighted by Crippen LogP contribution is 2.31. The number of nitrogen functional groups attached to an aromatic ring is 1. The molecule has 0 unspecified atom stereocenters. The van der Waals surface area contributed by atoms with Gasteiger partial charge in [-0.25, -0.2) is 0 Å². The zero-order chi connectivity index (χ0) is 14.7. The van der Waals surface area contributed by atoms with Crippen molar-refractivity contribution in [1.29, 1.82) is 5.41 Å². The van der Waals surface area contributed by atoms with E-state index in [1.165, 1.54) is 5.56 Å². The van der Waals surface area contributed by atoms with Crippen LogP contribution in [0.4, 0.5) is 0 Å². The van der Waals surface area contributed by atoms with E-state index in [9.17, 15) is 0 Å². The molecule has 3 N–H and O–H groups in total. The molecule has 20 heavy (non-hydrogen) atoms. The van der Waals surface area contributed by atoms with Crippen LogP contribution < -0.4 is 10.5 Å². The number of nitrogens with one attached hydrogen (secondary N) is 1. The van der Waals surface area contributed by atoms with Gasteiger partial charge < -0.3 is 10.5 Å². The molecular weight excluding hydrogens is 316 g/mol. The Morgan fingerprint density at radius 1 is 1.15 bits per heavy atom. The Balaban J connectivity index is 2.19. The van der Waals surface area contributed by atoms with Crippen LogP contribution in [0.5, 0.6) is 11.5 Å². The van der Waals surface area contributed by atoms with Crippen LogP contribution in [0.25, 0.3) is 0 Å². The Kier molecular flexibility index (Phi) is 4.45. The number of amidine groups is 1. The minimum absolute atomic E-state index is 0.0403. The maximum Gasteiger partial charge on any atom is 0.141 e. The lowest BCUT2D eigenvalue weighted by atomic mass is 10.0. The number of ether oxygens (including phenoxy) is 1. The molecule has 0 fully saturated rings. The molecule has 0 aliphatic heterocycles. The summed E-state index contributed by atoms with van der Waals surface area (Å²) in [7, 11) is 0. The van der Waals surface area contributed by atoms with Gasteiger partial charge in [-0.1, -0.05) is 26.0 Å². The SMILES string of the molecule is CC(C)c1ccc(Oc2ccc(C(=N)N)cc2Br)cc1. The number of halogens is 1. The van der Waals surface area contributed by atoms with E-state index in [4.69, 9.17) is 15.9 Å². The third-order valence-electron chi connectivity index (χ3n) is 3.02. The van der Waals surface area contributed by atoms with Gasteiger partial charge in [0.15, 0.2) is 0 Å². The first kappa shape index (κ1) is 14.6. The Morgan fingerprint density at radius 3 is 2.30 bits per heavy atom.